The third-order valence-electron chi connectivity index (χ3n) is 5.37. The second kappa shape index (κ2) is 17.4. The first-order valence-electron chi connectivity index (χ1n) is 11.3. The van der Waals surface area contributed by atoms with E-state index in [0.29, 0.717) is 6.54 Å². The fraction of sp³-hybridized carbons (Fsp3) is 0.750. The summed E-state index contributed by atoms with van der Waals surface area (Å²) in [6.07, 6.45) is 23.2. The molecule has 0 aromatic heterocycles. The van der Waals surface area contributed by atoms with Crippen LogP contribution < -0.4 is 5.73 Å². The van der Waals surface area contributed by atoms with Crippen molar-refractivity contribution in [2.45, 2.75) is 109 Å². The van der Waals surface area contributed by atoms with Crippen molar-refractivity contribution in [3.05, 3.63) is 35.6 Å². The van der Waals surface area contributed by atoms with Crippen molar-refractivity contribution in [1.29, 1.82) is 0 Å². The fourth-order valence-corrected chi connectivity index (χ4v) is 3.61. The van der Waals surface area contributed by atoms with Crippen LogP contribution >= 0.6 is 0 Å². The topological polar surface area (TPSA) is 49.8 Å². The van der Waals surface area contributed by atoms with Gasteiger partial charge in [0.2, 0.25) is 0 Å². The summed E-state index contributed by atoms with van der Waals surface area (Å²) in [6, 6.07) is 8.34. The summed E-state index contributed by atoms with van der Waals surface area (Å²) < 4.78 is 0. The quantitative estimate of drug-likeness (QED) is 0.209. The summed E-state index contributed by atoms with van der Waals surface area (Å²) in [4.78, 5) is 0. The molecule has 0 bridgehead atoms. The van der Waals surface area contributed by atoms with Crippen LogP contribution in [-0.4, -0.2) is 6.54 Å². The summed E-state index contributed by atoms with van der Waals surface area (Å²) in [5, 5.41) is 0. The Morgan fingerprint density at radius 1 is 0.500 bits per heavy atom. The number of hydrogen-bond donors (Lipinski definition) is 1. The van der Waals surface area contributed by atoms with Crippen LogP contribution in [0, 0.1) is 0 Å². The lowest BCUT2D eigenvalue weighted by Crippen LogP contribution is -1.88. The molecule has 0 spiro atoms. The van der Waals surface area contributed by atoms with Gasteiger partial charge >= 0.3 is 0 Å². The highest BCUT2D eigenvalue weighted by Crippen LogP contribution is 2.15. The maximum atomic E-state index is 7.12. The van der Waals surface area contributed by atoms with Crippen molar-refractivity contribution >= 4 is 5.69 Å². The summed E-state index contributed by atoms with van der Waals surface area (Å²) in [7, 11) is 0. The molecule has 0 unspecified atom stereocenters. The minimum absolute atomic E-state index is 0.615. The molecular formula is C24H43N2-. The van der Waals surface area contributed by atoms with E-state index >= 15 is 0 Å². The van der Waals surface area contributed by atoms with Gasteiger partial charge in [-0.2, -0.15) is 6.54 Å². The van der Waals surface area contributed by atoms with E-state index in [1.54, 1.807) is 0 Å². The van der Waals surface area contributed by atoms with Crippen molar-refractivity contribution in [1.82, 2.24) is 0 Å². The molecule has 1 rings (SSSR count). The first-order chi connectivity index (χ1) is 12.8. The second-order valence-corrected chi connectivity index (χ2v) is 7.90. The van der Waals surface area contributed by atoms with Crippen LogP contribution in [0.15, 0.2) is 24.3 Å². The Morgan fingerprint density at radius 2 is 0.846 bits per heavy atom. The molecule has 0 aliphatic rings. The lowest BCUT2D eigenvalue weighted by Gasteiger charge is -2.04. The molecule has 2 heteroatoms. The average Bonchev–Trinajstić information content (AvgIpc) is 2.66. The van der Waals surface area contributed by atoms with Crippen LogP contribution in [0.5, 0.6) is 0 Å². The third-order valence-corrected chi connectivity index (χ3v) is 5.37. The zero-order chi connectivity index (χ0) is 18.7. The van der Waals surface area contributed by atoms with Crippen LogP contribution in [0.1, 0.15) is 108 Å². The zero-order valence-corrected chi connectivity index (χ0v) is 17.1. The Labute approximate surface area is 163 Å². The number of unbranched alkanes of at least 4 members (excludes halogenated alkanes) is 15. The summed E-state index contributed by atoms with van der Waals surface area (Å²) in [6.45, 7) is 0.615. The van der Waals surface area contributed by atoms with E-state index in [2.05, 4.69) is 12.1 Å². The SMILES string of the molecule is [NH-]CCCCCCCCCCCCCCCCCCc1ccc(N)cc1. The highest BCUT2D eigenvalue weighted by molar-refractivity contribution is 5.39. The Balaban J connectivity index is 1.72. The van der Waals surface area contributed by atoms with Crippen LogP contribution in [0.25, 0.3) is 5.73 Å². The number of hydrogen-bond acceptors (Lipinski definition) is 1. The van der Waals surface area contributed by atoms with Crippen molar-refractivity contribution < 1.29 is 0 Å². The smallest absolute Gasteiger partial charge is 0.0314 e. The molecule has 0 aliphatic heterocycles. The van der Waals surface area contributed by atoms with E-state index in [9.17, 15) is 0 Å². The standard InChI is InChI=1S/C24H43N2/c25-22-16-14-12-10-8-6-4-2-1-3-5-7-9-11-13-15-17-23-18-20-24(26)21-19-23/h18-21,25H,1-17,22,26H2/q-1. The van der Waals surface area contributed by atoms with E-state index in [1.807, 2.05) is 12.1 Å². The van der Waals surface area contributed by atoms with Gasteiger partial charge in [-0.15, -0.1) is 0 Å². The maximum absolute atomic E-state index is 7.12. The van der Waals surface area contributed by atoms with Gasteiger partial charge in [0.05, 0.1) is 0 Å². The predicted molar refractivity (Wildman–Crippen MR) is 118 cm³/mol. The lowest BCUT2D eigenvalue weighted by atomic mass is 10.0. The summed E-state index contributed by atoms with van der Waals surface area (Å²) >= 11 is 0. The number of nitrogens with two attached hydrogens (primary N) is 1. The predicted octanol–water partition coefficient (Wildman–Crippen LogP) is 8.11. The van der Waals surface area contributed by atoms with E-state index in [-0.39, 0.29) is 0 Å². The molecule has 0 atom stereocenters. The van der Waals surface area contributed by atoms with Crippen molar-refractivity contribution in [2.75, 3.05) is 12.3 Å². The van der Waals surface area contributed by atoms with Gasteiger partial charge in [0.15, 0.2) is 0 Å². The highest BCUT2D eigenvalue weighted by atomic mass is 14.5. The monoisotopic (exact) mass is 359 g/mol. The van der Waals surface area contributed by atoms with Crippen LogP contribution in [0.4, 0.5) is 5.69 Å². The molecular weight excluding hydrogens is 316 g/mol. The molecule has 0 fully saturated rings. The maximum Gasteiger partial charge on any atom is 0.0314 e. The van der Waals surface area contributed by atoms with Crippen molar-refractivity contribution in [3.8, 4) is 0 Å². The fourth-order valence-electron chi connectivity index (χ4n) is 3.61. The largest absolute Gasteiger partial charge is 0.677 e. The van der Waals surface area contributed by atoms with E-state index in [1.165, 1.54) is 108 Å². The molecule has 2 nitrogen and oxygen atoms in total. The number of anilines is 1. The Morgan fingerprint density at radius 3 is 1.23 bits per heavy atom. The molecule has 0 heterocycles. The summed E-state index contributed by atoms with van der Waals surface area (Å²) in [5.41, 5.74) is 15.1. The molecule has 1 aromatic carbocycles. The van der Waals surface area contributed by atoms with Gasteiger partial charge in [-0.1, -0.05) is 108 Å². The molecule has 0 aliphatic carbocycles. The zero-order valence-electron chi connectivity index (χ0n) is 17.1. The highest BCUT2D eigenvalue weighted by Gasteiger charge is 1.96. The number of aryl methyl sites for hydroxylation is 1. The van der Waals surface area contributed by atoms with Gasteiger partial charge in [-0.3, -0.25) is 0 Å². The molecule has 3 N–H and O–H groups in total. The number of benzene rings is 1. The van der Waals surface area contributed by atoms with Crippen LogP contribution in [0.2, 0.25) is 0 Å². The second-order valence-electron chi connectivity index (χ2n) is 7.90. The Kier molecular flexibility index (Phi) is 15.4. The van der Waals surface area contributed by atoms with E-state index in [0.717, 1.165) is 12.1 Å². The molecule has 0 saturated carbocycles. The van der Waals surface area contributed by atoms with Gasteiger partial charge in [0, 0.05) is 5.69 Å². The van der Waals surface area contributed by atoms with Crippen molar-refractivity contribution in [2.24, 2.45) is 0 Å². The van der Waals surface area contributed by atoms with Crippen LogP contribution in [0.3, 0.4) is 0 Å². The van der Waals surface area contributed by atoms with Crippen molar-refractivity contribution in [3.63, 3.8) is 0 Å². The lowest BCUT2D eigenvalue weighted by molar-refractivity contribution is 0.529. The number of nitrogen functional groups attached to an aromatic ring is 1. The number of nitrogens with one attached hydrogen (secondary N) is 1. The minimum atomic E-state index is 0.615. The Hall–Kier alpha value is -1.02. The normalized spacial score (nSPS) is 11.1. The van der Waals surface area contributed by atoms with Gasteiger partial charge in [0.25, 0.3) is 0 Å². The minimum Gasteiger partial charge on any atom is -0.677 e. The van der Waals surface area contributed by atoms with Gasteiger partial charge in [0.1, 0.15) is 0 Å². The molecule has 150 valence electrons. The number of rotatable bonds is 18. The van der Waals surface area contributed by atoms with E-state index in [4.69, 9.17) is 11.5 Å². The molecule has 1 aromatic rings. The average molecular weight is 360 g/mol. The summed E-state index contributed by atoms with van der Waals surface area (Å²) in [5.74, 6) is 0. The third kappa shape index (κ3) is 14.2. The first kappa shape index (κ1) is 23.0. The molecule has 0 saturated heterocycles. The van der Waals surface area contributed by atoms with Gasteiger partial charge in [-0.25, -0.2) is 0 Å². The Bertz CT molecular complexity index is 399. The van der Waals surface area contributed by atoms with Gasteiger partial charge in [-0.05, 0) is 30.5 Å². The molecule has 26 heavy (non-hydrogen) atoms. The van der Waals surface area contributed by atoms with Crippen LogP contribution in [-0.2, 0) is 6.42 Å². The molecule has 0 radical (unpaired) electrons. The molecule has 0 amide bonds. The van der Waals surface area contributed by atoms with Gasteiger partial charge < -0.3 is 11.5 Å². The van der Waals surface area contributed by atoms with E-state index < -0.39 is 0 Å². The first-order valence-corrected chi connectivity index (χ1v) is 11.3.